The molecule has 20 heavy (non-hydrogen) atoms. The van der Waals surface area contributed by atoms with Crippen LogP contribution in [0.1, 0.15) is 11.1 Å². The fourth-order valence-electron chi connectivity index (χ4n) is 2.82. The molecule has 0 aliphatic carbocycles. The van der Waals surface area contributed by atoms with Gasteiger partial charge in [0.2, 0.25) is 0 Å². The average molecular weight is 262 g/mol. The number of hydrogen-bond acceptors (Lipinski definition) is 3. The van der Waals surface area contributed by atoms with Crippen molar-refractivity contribution in [1.82, 2.24) is 0 Å². The molecule has 1 aromatic heterocycles. The number of rotatable bonds is 0. The lowest BCUT2D eigenvalue weighted by Gasteiger charge is -2.15. The molecule has 0 fully saturated rings. The molecule has 3 nitrogen and oxygen atoms in total. The summed E-state index contributed by atoms with van der Waals surface area (Å²) in [5, 5.41) is 4.34. The van der Waals surface area contributed by atoms with Gasteiger partial charge in [-0.2, -0.15) is 0 Å². The zero-order chi connectivity index (χ0) is 13.1. The van der Waals surface area contributed by atoms with Crippen molar-refractivity contribution in [2.75, 3.05) is 0 Å². The Morgan fingerprint density at radius 3 is 2.70 bits per heavy atom. The van der Waals surface area contributed by atoms with Crippen LogP contribution in [-0.2, 0) is 11.3 Å². The van der Waals surface area contributed by atoms with E-state index in [2.05, 4.69) is 18.2 Å². The molecule has 0 saturated carbocycles. The van der Waals surface area contributed by atoms with Crippen molar-refractivity contribution in [3.63, 3.8) is 0 Å². The van der Waals surface area contributed by atoms with Gasteiger partial charge in [-0.05, 0) is 30.3 Å². The maximum Gasteiger partial charge on any atom is 0.135 e. The fourth-order valence-corrected chi connectivity index (χ4v) is 2.82. The molecule has 0 N–H and O–H groups in total. The zero-order valence-electron chi connectivity index (χ0n) is 10.6. The van der Waals surface area contributed by atoms with Crippen LogP contribution in [-0.4, -0.2) is 0 Å². The maximum atomic E-state index is 6.03. The first-order valence-electron chi connectivity index (χ1n) is 6.51. The third kappa shape index (κ3) is 1.29. The average Bonchev–Trinajstić information content (AvgIpc) is 3.07. The Morgan fingerprint density at radius 1 is 0.850 bits per heavy atom. The number of hydrogen-bond donors (Lipinski definition) is 0. The van der Waals surface area contributed by atoms with Gasteiger partial charge in [0.1, 0.15) is 18.1 Å². The Balaban J connectivity index is 1.82. The van der Waals surface area contributed by atoms with Crippen molar-refractivity contribution < 1.29 is 13.9 Å². The maximum absolute atomic E-state index is 6.03. The van der Waals surface area contributed by atoms with Crippen molar-refractivity contribution in [3.05, 3.63) is 58.4 Å². The SMILES string of the molecule is C1=c2cc3c(cc2CO1)=Cc1cc2cocc2cc1O3. The summed E-state index contributed by atoms with van der Waals surface area (Å²) in [5.41, 5.74) is 2.28. The molecule has 3 heteroatoms. The second-order valence-electron chi connectivity index (χ2n) is 5.15. The van der Waals surface area contributed by atoms with Crippen molar-refractivity contribution >= 4 is 23.1 Å². The Kier molecular flexibility index (Phi) is 1.75. The Labute approximate surface area is 114 Å². The lowest BCUT2D eigenvalue weighted by atomic mass is 10.0. The molecular weight excluding hydrogens is 252 g/mol. The van der Waals surface area contributed by atoms with Gasteiger partial charge in [-0.15, -0.1) is 0 Å². The number of ether oxygens (including phenoxy) is 2. The molecule has 3 heterocycles. The standard InChI is InChI=1S/C17H10O3/c1-10-2-12-6-18-8-14(12)4-16(10)20-17-5-15-9-19-7-13(15)3-11(1)17/h1-6,8-9H,7H2. The third-order valence-electron chi connectivity index (χ3n) is 3.86. The van der Waals surface area contributed by atoms with E-state index in [-0.39, 0.29) is 0 Å². The van der Waals surface area contributed by atoms with E-state index < -0.39 is 0 Å². The second-order valence-corrected chi connectivity index (χ2v) is 5.15. The smallest absolute Gasteiger partial charge is 0.135 e. The van der Waals surface area contributed by atoms with Crippen LogP contribution in [0.3, 0.4) is 0 Å². The second kappa shape index (κ2) is 3.45. The first-order chi connectivity index (χ1) is 9.87. The van der Waals surface area contributed by atoms with Crippen LogP contribution in [0, 0.1) is 0 Å². The van der Waals surface area contributed by atoms with E-state index in [1.165, 1.54) is 5.56 Å². The third-order valence-corrected chi connectivity index (χ3v) is 3.86. The van der Waals surface area contributed by atoms with Crippen molar-refractivity contribution in [2.45, 2.75) is 6.61 Å². The van der Waals surface area contributed by atoms with Crippen LogP contribution in [0.5, 0.6) is 11.5 Å². The van der Waals surface area contributed by atoms with Crippen LogP contribution in [0.25, 0.3) is 23.1 Å². The van der Waals surface area contributed by atoms with Gasteiger partial charge < -0.3 is 13.9 Å². The lowest BCUT2D eigenvalue weighted by Crippen LogP contribution is -2.17. The molecule has 0 saturated heterocycles. The summed E-state index contributed by atoms with van der Waals surface area (Å²) in [6, 6.07) is 8.28. The molecule has 5 rings (SSSR count). The highest BCUT2D eigenvalue weighted by Gasteiger charge is 2.15. The van der Waals surface area contributed by atoms with Gasteiger partial charge in [0, 0.05) is 32.3 Å². The minimum absolute atomic E-state index is 0.643. The van der Waals surface area contributed by atoms with E-state index in [0.29, 0.717) is 6.61 Å². The number of benzene rings is 2. The first-order valence-corrected chi connectivity index (χ1v) is 6.51. The van der Waals surface area contributed by atoms with Crippen molar-refractivity contribution in [3.8, 4) is 11.5 Å². The van der Waals surface area contributed by atoms with E-state index in [1.54, 1.807) is 18.8 Å². The van der Waals surface area contributed by atoms with Gasteiger partial charge in [-0.25, -0.2) is 0 Å². The Bertz CT molecular complexity index is 979. The molecule has 0 spiro atoms. The number of furan rings is 1. The molecular formula is C17H10O3. The van der Waals surface area contributed by atoms with Gasteiger partial charge >= 0.3 is 0 Å². The Hall–Kier alpha value is -2.68. The summed E-state index contributed by atoms with van der Waals surface area (Å²) in [6.07, 6.45) is 7.43. The monoisotopic (exact) mass is 262 g/mol. The highest BCUT2D eigenvalue weighted by Crippen LogP contribution is 2.32. The summed E-state index contributed by atoms with van der Waals surface area (Å²) in [4.78, 5) is 0. The van der Waals surface area contributed by atoms with Crippen LogP contribution in [0.15, 0.2) is 41.2 Å². The molecule has 3 aromatic rings. The molecule has 0 atom stereocenters. The number of fused-ring (bicyclic) bond motifs is 4. The molecule has 2 aromatic carbocycles. The topological polar surface area (TPSA) is 31.6 Å². The molecule has 0 amide bonds. The van der Waals surface area contributed by atoms with E-state index in [0.717, 1.165) is 38.3 Å². The van der Waals surface area contributed by atoms with Crippen LogP contribution in [0.4, 0.5) is 0 Å². The Morgan fingerprint density at radius 2 is 1.75 bits per heavy atom. The van der Waals surface area contributed by atoms with Crippen LogP contribution < -0.4 is 15.2 Å². The summed E-state index contributed by atoms with van der Waals surface area (Å²) < 4.78 is 16.6. The van der Waals surface area contributed by atoms with Gasteiger partial charge in [0.25, 0.3) is 0 Å². The van der Waals surface area contributed by atoms with E-state index in [9.17, 15) is 0 Å². The molecule has 2 aliphatic heterocycles. The molecule has 2 aliphatic rings. The summed E-state index contributed by atoms with van der Waals surface area (Å²) in [5.74, 6) is 1.74. The van der Waals surface area contributed by atoms with Gasteiger partial charge in [0.15, 0.2) is 0 Å². The molecule has 0 bridgehead atoms. The normalized spacial score (nSPS) is 14.4. The minimum Gasteiger partial charge on any atom is -0.496 e. The summed E-state index contributed by atoms with van der Waals surface area (Å²) >= 11 is 0. The predicted octanol–water partition coefficient (Wildman–Crippen LogP) is 2.64. The summed E-state index contributed by atoms with van der Waals surface area (Å²) in [7, 11) is 0. The van der Waals surface area contributed by atoms with Gasteiger partial charge in [0.05, 0.1) is 18.8 Å². The predicted molar refractivity (Wildman–Crippen MR) is 74.8 cm³/mol. The van der Waals surface area contributed by atoms with Gasteiger partial charge in [-0.1, -0.05) is 0 Å². The van der Waals surface area contributed by atoms with Crippen LogP contribution >= 0.6 is 0 Å². The highest BCUT2D eigenvalue weighted by atomic mass is 16.5. The quantitative estimate of drug-likeness (QED) is 0.488. The highest BCUT2D eigenvalue weighted by molar-refractivity contribution is 5.86. The van der Waals surface area contributed by atoms with Gasteiger partial charge in [-0.3, -0.25) is 0 Å². The largest absolute Gasteiger partial charge is 0.496 e. The first kappa shape index (κ1) is 10.1. The minimum atomic E-state index is 0.643. The molecule has 0 radical (unpaired) electrons. The van der Waals surface area contributed by atoms with Crippen LogP contribution in [0.2, 0.25) is 0 Å². The van der Waals surface area contributed by atoms with E-state index in [1.807, 2.05) is 12.1 Å². The molecule has 0 unspecified atom stereocenters. The fraction of sp³-hybridized carbons (Fsp3) is 0.0588. The van der Waals surface area contributed by atoms with Crippen molar-refractivity contribution in [2.24, 2.45) is 0 Å². The summed E-state index contributed by atoms with van der Waals surface area (Å²) in [6.45, 7) is 0.643. The molecule has 96 valence electrons. The zero-order valence-corrected chi connectivity index (χ0v) is 10.6. The van der Waals surface area contributed by atoms with E-state index >= 15 is 0 Å². The van der Waals surface area contributed by atoms with Crippen molar-refractivity contribution in [1.29, 1.82) is 0 Å². The van der Waals surface area contributed by atoms with E-state index in [4.69, 9.17) is 13.9 Å². The lowest BCUT2D eigenvalue weighted by molar-refractivity contribution is 0.297.